The topological polar surface area (TPSA) is 85.1 Å². The SMILES string of the molecule is Cc1ccccc1-c1noc(CNS(=O)(=O)CCCc2ccccc2)n1. The minimum atomic E-state index is -3.39. The highest BCUT2D eigenvalue weighted by atomic mass is 32.2. The van der Waals surface area contributed by atoms with Gasteiger partial charge in [0.05, 0.1) is 12.3 Å². The molecule has 3 rings (SSSR count). The molecule has 7 heteroatoms. The molecule has 6 nitrogen and oxygen atoms in total. The van der Waals surface area contributed by atoms with Gasteiger partial charge < -0.3 is 4.52 Å². The van der Waals surface area contributed by atoms with E-state index in [0.29, 0.717) is 12.2 Å². The zero-order chi connectivity index (χ0) is 18.4. The van der Waals surface area contributed by atoms with Gasteiger partial charge in [0, 0.05) is 5.56 Å². The summed E-state index contributed by atoms with van der Waals surface area (Å²) >= 11 is 0. The van der Waals surface area contributed by atoms with Crippen LogP contribution in [0.1, 0.15) is 23.4 Å². The van der Waals surface area contributed by atoms with Gasteiger partial charge in [0.2, 0.25) is 21.7 Å². The third-order valence-corrected chi connectivity index (χ3v) is 5.43. The number of sulfonamides is 1. The summed E-state index contributed by atoms with van der Waals surface area (Å²) in [6.45, 7) is 1.95. The fourth-order valence-electron chi connectivity index (χ4n) is 2.61. The smallest absolute Gasteiger partial charge is 0.242 e. The first-order valence-corrected chi connectivity index (χ1v) is 10.1. The number of hydrogen-bond acceptors (Lipinski definition) is 5. The Balaban J connectivity index is 1.52. The zero-order valence-electron chi connectivity index (χ0n) is 14.6. The minimum absolute atomic E-state index is 0.00739. The number of hydrogen-bond donors (Lipinski definition) is 1. The maximum atomic E-state index is 12.1. The third kappa shape index (κ3) is 5.00. The molecule has 0 saturated heterocycles. The highest BCUT2D eigenvalue weighted by Crippen LogP contribution is 2.19. The maximum absolute atomic E-state index is 12.1. The molecule has 136 valence electrons. The van der Waals surface area contributed by atoms with Crippen molar-refractivity contribution in [2.45, 2.75) is 26.3 Å². The summed E-state index contributed by atoms with van der Waals surface area (Å²) in [5.74, 6) is 0.761. The summed E-state index contributed by atoms with van der Waals surface area (Å²) in [6, 6.07) is 17.5. The van der Waals surface area contributed by atoms with Crippen LogP contribution < -0.4 is 4.72 Å². The molecule has 0 fully saturated rings. The van der Waals surface area contributed by atoms with Gasteiger partial charge in [-0.1, -0.05) is 59.8 Å². The lowest BCUT2D eigenvalue weighted by molar-refractivity contribution is 0.376. The van der Waals surface area contributed by atoms with Crippen LogP contribution in [0, 0.1) is 6.92 Å². The van der Waals surface area contributed by atoms with E-state index < -0.39 is 10.0 Å². The van der Waals surface area contributed by atoms with Gasteiger partial charge >= 0.3 is 0 Å². The Hall–Kier alpha value is -2.51. The normalized spacial score (nSPS) is 11.6. The summed E-state index contributed by atoms with van der Waals surface area (Å²) in [4.78, 5) is 4.27. The number of nitrogens with zero attached hydrogens (tertiary/aromatic N) is 2. The number of rotatable bonds is 8. The van der Waals surface area contributed by atoms with Crippen LogP contribution in [0.2, 0.25) is 0 Å². The van der Waals surface area contributed by atoms with Crippen LogP contribution in [-0.4, -0.2) is 24.3 Å². The van der Waals surface area contributed by atoms with Gasteiger partial charge in [0.15, 0.2) is 0 Å². The van der Waals surface area contributed by atoms with E-state index in [1.807, 2.05) is 61.5 Å². The molecule has 0 spiro atoms. The number of nitrogens with one attached hydrogen (secondary N) is 1. The van der Waals surface area contributed by atoms with Crippen molar-refractivity contribution < 1.29 is 12.9 Å². The van der Waals surface area contributed by atoms with Crippen LogP contribution in [0.5, 0.6) is 0 Å². The van der Waals surface area contributed by atoms with Gasteiger partial charge in [-0.15, -0.1) is 0 Å². The molecule has 0 saturated carbocycles. The number of aromatic nitrogens is 2. The van der Waals surface area contributed by atoms with Crippen molar-refractivity contribution in [3.8, 4) is 11.4 Å². The minimum Gasteiger partial charge on any atom is -0.338 e. The highest BCUT2D eigenvalue weighted by molar-refractivity contribution is 7.89. The molecule has 1 aromatic heterocycles. The van der Waals surface area contributed by atoms with Crippen LogP contribution in [-0.2, 0) is 23.0 Å². The molecule has 2 aromatic carbocycles. The van der Waals surface area contributed by atoms with Crippen molar-refractivity contribution in [3.63, 3.8) is 0 Å². The predicted octanol–water partition coefficient (Wildman–Crippen LogP) is 3.10. The largest absolute Gasteiger partial charge is 0.338 e. The van der Waals surface area contributed by atoms with E-state index >= 15 is 0 Å². The zero-order valence-corrected chi connectivity index (χ0v) is 15.4. The molecule has 0 bridgehead atoms. The Morgan fingerprint density at radius 3 is 2.54 bits per heavy atom. The molecule has 0 unspecified atom stereocenters. The molecular formula is C19H21N3O3S. The first-order chi connectivity index (χ1) is 12.5. The van der Waals surface area contributed by atoms with Crippen molar-refractivity contribution >= 4 is 10.0 Å². The summed E-state index contributed by atoms with van der Waals surface area (Å²) in [5.41, 5.74) is 3.03. The fourth-order valence-corrected chi connectivity index (χ4v) is 3.63. The van der Waals surface area contributed by atoms with Crippen LogP contribution >= 0.6 is 0 Å². The van der Waals surface area contributed by atoms with E-state index in [1.165, 1.54) is 0 Å². The van der Waals surface area contributed by atoms with Crippen molar-refractivity contribution in [3.05, 3.63) is 71.6 Å². The predicted molar refractivity (Wildman–Crippen MR) is 99.9 cm³/mol. The summed E-state index contributed by atoms with van der Waals surface area (Å²) in [6.07, 6.45) is 1.28. The monoisotopic (exact) mass is 371 g/mol. The molecule has 0 aliphatic carbocycles. The second-order valence-corrected chi connectivity index (χ2v) is 7.98. The average molecular weight is 371 g/mol. The van der Waals surface area contributed by atoms with E-state index in [2.05, 4.69) is 14.9 Å². The highest BCUT2D eigenvalue weighted by Gasteiger charge is 2.14. The lowest BCUT2D eigenvalue weighted by Crippen LogP contribution is -2.26. The van der Waals surface area contributed by atoms with Gasteiger partial charge in [-0.3, -0.25) is 0 Å². The molecule has 0 atom stereocenters. The van der Waals surface area contributed by atoms with Gasteiger partial charge in [-0.2, -0.15) is 4.98 Å². The maximum Gasteiger partial charge on any atom is 0.242 e. The Bertz CT molecular complexity index is 953. The molecule has 0 aliphatic heterocycles. The lowest BCUT2D eigenvalue weighted by atomic mass is 10.1. The Labute approximate surface area is 153 Å². The molecule has 26 heavy (non-hydrogen) atoms. The summed E-state index contributed by atoms with van der Waals surface area (Å²) in [5, 5.41) is 3.93. The molecular weight excluding hydrogens is 350 g/mol. The second kappa shape index (κ2) is 8.25. The lowest BCUT2D eigenvalue weighted by Gasteiger charge is -2.04. The van der Waals surface area contributed by atoms with Crippen LogP contribution in [0.4, 0.5) is 0 Å². The van der Waals surface area contributed by atoms with Crippen LogP contribution in [0.15, 0.2) is 59.1 Å². The van der Waals surface area contributed by atoms with E-state index in [9.17, 15) is 8.42 Å². The van der Waals surface area contributed by atoms with Crippen molar-refractivity contribution in [1.82, 2.24) is 14.9 Å². The first-order valence-electron chi connectivity index (χ1n) is 8.43. The van der Waals surface area contributed by atoms with Gasteiger partial charge in [-0.05, 0) is 30.9 Å². The average Bonchev–Trinajstić information content (AvgIpc) is 3.10. The van der Waals surface area contributed by atoms with E-state index in [-0.39, 0.29) is 18.2 Å². The van der Waals surface area contributed by atoms with Crippen LogP contribution in [0.3, 0.4) is 0 Å². The van der Waals surface area contributed by atoms with Gasteiger partial charge in [0.25, 0.3) is 0 Å². The summed E-state index contributed by atoms with van der Waals surface area (Å²) < 4.78 is 31.9. The van der Waals surface area contributed by atoms with Crippen LogP contribution in [0.25, 0.3) is 11.4 Å². The second-order valence-electron chi connectivity index (χ2n) is 6.06. The van der Waals surface area contributed by atoms with Crippen molar-refractivity contribution in [1.29, 1.82) is 0 Å². The molecule has 0 radical (unpaired) electrons. The van der Waals surface area contributed by atoms with Gasteiger partial charge in [-0.25, -0.2) is 13.1 Å². The van der Waals surface area contributed by atoms with Crippen molar-refractivity contribution in [2.24, 2.45) is 0 Å². The number of benzene rings is 2. The van der Waals surface area contributed by atoms with Crippen molar-refractivity contribution in [2.75, 3.05) is 5.75 Å². The molecule has 1 heterocycles. The van der Waals surface area contributed by atoms with Gasteiger partial charge in [0.1, 0.15) is 0 Å². The quantitative estimate of drug-likeness (QED) is 0.658. The number of aryl methyl sites for hydroxylation is 2. The standard InChI is InChI=1S/C19H21N3O3S/c1-15-8-5-6-12-17(15)19-21-18(25-22-19)14-20-26(23,24)13-7-11-16-9-3-2-4-10-16/h2-6,8-10,12,20H,7,11,13-14H2,1H3. The Kier molecular flexibility index (Phi) is 5.80. The third-order valence-electron chi connectivity index (χ3n) is 4.02. The fraction of sp³-hybridized carbons (Fsp3) is 0.263. The molecule has 0 aliphatic rings. The molecule has 1 N–H and O–H groups in total. The Morgan fingerprint density at radius 2 is 1.77 bits per heavy atom. The van der Waals surface area contributed by atoms with E-state index in [0.717, 1.165) is 23.1 Å². The Morgan fingerprint density at radius 1 is 1.04 bits per heavy atom. The molecule has 0 amide bonds. The van der Waals surface area contributed by atoms with E-state index in [1.54, 1.807) is 0 Å². The van der Waals surface area contributed by atoms with E-state index in [4.69, 9.17) is 4.52 Å². The first kappa shape index (κ1) is 18.3. The summed E-state index contributed by atoms with van der Waals surface area (Å²) in [7, 11) is -3.39. The molecule has 3 aromatic rings.